The van der Waals surface area contributed by atoms with Gasteiger partial charge in [-0.3, -0.25) is 4.79 Å². The number of Topliss-reactive ketones (excluding diaryl/α,β-unsaturated/α-hetero) is 1. The minimum absolute atomic E-state index is 0.133. The van der Waals surface area contributed by atoms with Crippen LogP contribution in [0.15, 0.2) is 0 Å². The van der Waals surface area contributed by atoms with Crippen LogP contribution >= 0.6 is 0 Å². The van der Waals surface area contributed by atoms with Gasteiger partial charge in [0.2, 0.25) is 0 Å². The van der Waals surface area contributed by atoms with Gasteiger partial charge in [0.25, 0.3) is 0 Å². The summed E-state index contributed by atoms with van der Waals surface area (Å²) in [4.78, 5) is 12.4. The number of quaternary nitrogens is 1. The third-order valence-corrected chi connectivity index (χ3v) is 5.55. The lowest BCUT2D eigenvalue weighted by atomic mass is 9.61. The number of rotatable bonds is 0. The Morgan fingerprint density at radius 1 is 1.22 bits per heavy atom. The van der Waals surface area contributed by atoms with Gasteiger partial charge in [-0.25, -0.2) is 0 Å². The number of carbonyl (C=O) groups excluding carboxylic acids is 1. The Hall–Kier alpha value is -0.410. The Labute approximate surface area is 110 Å². The summed E-state index contributed by atoms with van der Waals surface area (Å²) < 4.78 is 0. The fourth-order valence-electron chi connectivity index (χ4n) is 4.84. The first-order chi connectivity index (χ1) is 8.48. The maximum Gasteiger partial charge on any atom is 0.144 e. The summed E-state index contributed by atoms with van der Waals surface area (Å²) in [6.45, 7) is 4.46. The molecule has 18 heavy (non-hydrogen) atoms. The van der Waals surface area contributed by atoms with Crippen LogP contribution in [0.5, 0.6) is 0 Å². The van der Waals surface area contributed by atoms with Crippen molar-refractivity contribution in [2.45, 2.75) is 70.5 Å². The zero-order valence-electron chi connectivity index (χ0n) is 11.7. The molecule has 0 radical (unpaired) electrons. The van der Waals surface area contributed by atoms with Crippen molar-refractivity contribution in [2.75, 3.05) is 0 Å². The standard InChI is InChI=1S/C15H26N2O/c1-15(2)7-11-13(12(18)8-15)14(16)9-5-3-4-6-10(9)17-11/h9-11,13-14,17H,3-8,16H2,1-2H3/p+1. The van der Waals surface area contributed by atoms with Crippen LogP contribution in [0.1, 0.15) is 52.4 Å². The molecule has 0 aromatic carbocycles. The maximum absolute atomic E-state index is 12.4. The van der Waals surface area contributed by atoms with Gasteiger partial charge in [0, 0.05) is 24.8 Å². The smallest absolute Gasteiger partial charge is 0.144 e. The van der Waals surface area contributed by atoms with Crippen molar-refractivity contribution in [3.8, 4) is 0 Å². The van der Waals surface area contributed by atoms with Crippen LogP contribution in [0.3, 0.4) is 0 Å². The molecule has 3 aliphatic rings. The largest absolute Gasteiger partial charge is 0.340 e. The molecule has 0 aromatic rings. The molecular formula is C15H27N2O+. The highest BCUT2D eigenvalue weighted by atomic mass is 16.1. The first-order valence-corrected chi connectivity index (χ1v) is 7.61. The number of fused-ring (bicyclic) bond motifs is 2. The van der Waals surface area contributed by atoms with E-state index in [9.17, 15) is 4.79 Å². The molecule has 1 saturated heterocycles. The van der Waals surface area contributed by atoms with Gasteiger partial charge >= 0.3 is 0 Å². The van der Waals surface area contributed by atoms with Gasteiger partial charge in [-0.15, -0.1) is 0 Å². The molecule has 0 spiro atoms. The lowest BCUT2D eigenvalue weighted by molar-refractivity contribution is -0.746. The summed E-state index contributed by atoms with van der Waals surface area (Å²) in [5.41, 5.74) is 6.66. The van der Waals surface area contributed by atoms with Crippen molar-refractivity contribution < 1.29 is 10.1 Å². The van der Waals surface area contributed by atoms with Crippen molar-refractivity contribution in [3.63, 3.8) is 0 Å². The number of carbonyl (C=O) groups is 1. The van der Waals surface area contributed by atoms with Crippen LogP contribution in [0.4, 0.5) is 0 Å². The third-order valence-electron chi connectivity index (χ3n) is 5.55. The van der Waals surface area contributed by atoms with Gasteiger partial charge in [-0.05, 0) is 24.7 Å². The van der Waals surface area contributed by atoms with Crippen LogP contribution in [-0.2, 0) is 4.79 Å². The zero-order chi connectivity index (χ0) is 12.9. The predicted molar refractivity (Wildman–Crippen MR) is 70.9 cm³/mol. The second-order valence-electron chi connectivity index (χ2n) is 7.58. The molecule has 5 unspecified atom stereocenters. The Kier molecular flexibility index (Phi) is 3.02. The normalized spacial score (nSPS) is 47.3. The minimum Gasteiger partial charge on any atom is -0.340 e. The molecule has 4 N–H and O–H groups in total. The summed E-state index contributed by atoms with van der Waals surface area (Å²) >= 11 is 0. The van der Waals surface area contributed by atoms with Gasteiger partial charge in [0.15, 0.2) is 0 Å². The summed E-state index contributed by atoms with van der Waals surface area (Å²) in [7, 11) is 0. The van der Waals surface area contributed by atoms with E-state index >= 15 is 0 Å². The van der Waals surface area contributed by atoms with Crippen LogP contribution in [0, 0.1) is 17.3 Å². The quantitative estimate of drug-likeness (QED) is 0.670. The van der Waals surface area contributed by atoms with E-state index in [1.54, 1.807) is 0 Å². The number of hydrogen-bond acceptors (Lipinski definition) is 2. The Bertz CT molecular complexity index is 352. The SMILES string of the molecule is CC1(C)CC(=O)C2C(C1)[NH2+]C1CCCCC1C2N. The van der Waals surface area contributed by atoms with E-state index in [4.69, 9.17) is 5.73 Å². The fraction of sp³-hybridized carbons (Fsp3) is 0.933. The number of nitrogens with two attached hydrogens (primary N) is 2. The molecule has 0 amide bonds. The second kappa shape index (κ2) is 4.31. The van der Waals surface area contributed by atoms with Gasteiger partial charge in [-0.2, -0.15) is 0 Å². The summed E-state index contributed by atoms with van der Waals surface area (Å²) in [5.74, 6) is 1.16. The summed E-state index contributed by atoms with van der Waals surface area (Å²) in [6, 6.07) is 1.28. The molecule has 0 aromatic heterocycles. The first-order valence-electron chi connectivity index (χ1n) is 7.61. The maximum atomic E-state index is 12.4. The molecule has 0 bridgehead atoms. The van der Waals surface area contributed by atoms with Gasteiger partial charge in [-0.1, -0.05) is 20.3 Å². The van der Waals surface area contributed by atoms with Crippen LogP contribution in [-0.4, -0.2) is 23.9 Å². The van der Waals surface area contributed by atoms with E-state index in [0.29, 0.717) is 23.8 Å². The molecule has 2 saturated carbocycles. The van der Waals surface area contributed by atoms with Gasteiger partial charge in [0.1, 0.15) is 5.78 Å². The van der Waals surface area contributed by atoms with Gasteiger partial charge < -0.3 is 11.1 Å². The van der Waals surface area contributed by atoms with Crippen molar-refractivity contribution in [3.05, 3.63) is 0 Å². The average Bonchev–Trinajstić information content (AvgIpc) is 2.26. The molecule has 5 atom stereocenters. The van der Waals surface area contributed by atoms with E-state index in [2.05, 4.69) is 19.2 Å². The van der Waals surface area contributed by atoms with Crippen LogP contribution in [0.2, 0.25) is 0 Å². The first kappa shape index (κ1) is 12.6. The monoisotopic (exact) mass is 251 g/mol. The lowest BCUT2D eigenvalue weighted by Crippen LogP contribution is -3.02. The topological polar surface area (TPSA) is 59.7 Å². The van der Waals surface area contributed by atoms with E-state index in [1.807, 2.05) is 0 Å². The van der Waals surface area contributed by atoms with E-state index < -0.39 is 0 Å². The van der Waals surface area contributed by atoms with E-state index in [0.717, 1.165) is 12.8 Å². The van der Waals surface area contributed by atoms with Crippen molar-refractivity contribution >= 4 is 5.78 Å². The minimum atomic E-state index is 0.133. The van der Waals surface area contributed by atoms with Crippen molar-refractivity contribution in [1.29, 1.82) is 0 Å². The molecule has 3 nitrogen and oxygen atoms in total. The fourth-order valence-corrected chi connectivity index (χ4v) is 4.84. The predicted octanol–water partition coefficient (Wildman–Crippen LogP) is 0.823. The highest BCUT2D eigenvalue weighted by Crippen LogP contribution is 2.41. The molecular weight excluding hydrogens is 224 g/mol. The average molecular weight is 251 g/mol. The van der Waals surface area contributed by atoms with Gasteiger partial charge in [0.05, 0.1) is 18.0 Å². The molecule has 3 fully saturated rings. The molecule has 102 valence electrons. The highest BCUT2D eigenvalue weighted by molar-refractivity contribution is 5.84. The third kappa shape index (κ3) is 2.01. The zero-order valence-corrected chi connectivity index (χ0v) is 11.7. The Morgan fingerprint density at radius 3 is 2.72 bits per heavy atom. The molecule has 1 heterocycles. The Balaban J connectivity index is 1.84. The molecule has 3 heteroatoms. The summed E-state index contributed by atoms with van der Waals surface area (Å²) in [5, 5.41) is 2.52. The Morgan fingerprint density at radius 2 is 1.94 bits per heavy atom. The summed E-state index contributed by atoms with van der Waals surface area (Å²) in [6.07, 6.45) is 7.07. The second-order valence-corrected chi connectivity index (χ2v) is 7.58. The number of hydrogen-bond donors (Lipinski definition) is 2. The van der Waals surface area contributed by atoms with E-state index in [-0.39, 0.29) is 17.4 Å². The van der Waals surface area contributed by atoms with Crippen molar-refractivity contribution in [1.82, 2.24) is 0 Å². The van der Waals surface area contributed by atoms with Crippen LogP contribution in [0.25, 0.3) is 0 Å². The lowest BCUT2D eigenvalue weighted by Gasteiger charge is -2.49. The molecule has 3 rings (SSSR count). The molecule has 1 aliphatic heterocycles. The van der Waals surface area contributed by atoms with Crippen LogP contribution < -0.4 is 11.1 Å². The number of ketones is 1. The highest BCUT2D eigenvalue weighted by Gasteiger charge is 2.53. The number of piperidine rings is 1. The van der Waals surface area contributed by atoms with E-state index in [1.165, 1.54) is 25.7 Å². The molecule has 2 aliphatic carbocycles. The van der Waals surface area contributed by atoms with Crippen molar-refractivity contribution in [2.24, 2.45) is 23.0 Å².